The average molecular weight is 377 g/mol. The van der Waals surface area contributed by atoms with Gasteiger partial charge in [-0.3, -0.25) is 4.79 Å². The molecule has 0 saturated heterocycles. The third-order valence-corrected chi connectivity index (χ3v) is 5.55. The van der Waals surface area contributed by atoms with Crippen molar-refractivity contribution in [3.05, 3.63) is 15.8 Å². The molecular weight excluding hydrogens is 348 g/mol. The molecule has 2 rings (SSSR count). The molecule has 142 valence electrons. The third-order valence-electron chi connectivity index (χ3n) is 4.52. The lowest BCUT2D eigenvalue weighted by atomic mass is 9.82. The molecule has 1 aliphatic carbocycles. The molecule has 1 aliphatic rings. The molecule has 6 heteroatoms. The predicted octanol–water partition coefficient (Wildman–Crippen LogP) is 4.14. The van der Waals surface area contributed by atoms with Crippen LogP contribution in [-0.2, 0) is 4.79 Å². The number of hydrazine groups is 1. The molecule has 0 aromatic carbocycles. The van der Waals surface area contributed by atoms with Crippen molar-refractivity contribution in [1.82, 2.24) is 5.43 Å². The van der Waals surface area contributed by atoms with Gasteiger partial charge in [-0.1, -0.05) is 18.8 Å². The highest BCUT2D eigenvalue weighted by Crippen LogP contribution is 2.34. The summed E-state index contributed by atoms with van der Waals surface area (Å²) in [6.45, 7) is 8.21. The van der Waals surface area contributed by atoms with Gasteiger partial charge in [0.2, 0.25) is 5.91 Å². The van der Waals surface area contributed by atoms with Crippen LogP contribution in [0.25, 0.3) is 0 Å². The second kappa shape index (κ2) is 8.24. The van der Waals surface area contributed by atoms with Gasteiger partial charge in [-0.25, -0.2) is 15.2 Å². The molecule has 1 fully saturated rings. The second-order valence-electron chi connectivity index (χ2n) is 7.98. The maximum atomic E-state index is 13.0. The van der Waals surface area contributed by atoms with Crippen LogP contribution in [0.15, 0.2) is 6.07 Å². The first-order chi connectivity index (χ1) is 12.1. The Morgan fingerprint density at radius 2 is 1.88 bits per heavy atom. The Bertz CT molecular complexity index is 728. The van der Waals surface area contributed by atoms with E-state index in [1.165, 1.54) is 5.01 Å². The van der Waals surface area contributed by atoms with Crippen molar-refractivity contribution in [3.63, 3.8) is 0 Å². The van der Waals surface area contributed by atoms with E-state index in [-0.39, 0.29) is 22.1 Å². The van der Waals surface area contributed by atoms with Crippen molar-refractivity contribution in [3.8, 4) is 11.8 Å². The van der Waals surface area contributed by atoms with Crippen LogP contribution < -0.4 is 10.4 Å². The van der Waals surface area contributed by atoms with E-state index in [0.29, 0.717) is 16.5 Å². The molecule has 0 spiro atoms. The van der Waals surface area contributed by atoms with Crippen molar-refractivity contribution in [2.24, 2.45) is 17.3 Å². The molecule has 0 bridgehead atoms. The SMILES string of the molecule is CNN(C(=O)C1CCC(C)CC1)c1cc(C#CC(C)(C)C)sc1C(=O)O. The van der Waals surface area contributed by atoms with Gasteiger partial charge in [0.05, 0.1) is 10.6 Å². The first kappa shape index (κ1) is 20.5. The van der Waals surface area contributed by atoms with E-state index in [4.69, 9.17) is 0 Å². The number of nitrogens with zero attached hydrogens (tertiary/aromatic N) is 1. The second-order valence-corrected chi connectivity index (χ2v) is 9.04. The maximum absolute atomic E-state index is 13.0. The van der Waals surface area contributed by atoms with Gasteiger partial charge >= 0.3 is 5.97 Å². The molecule has 1 aromatic heterocycles. The summed E-state index contributed by atoms with van der Waals surface area (Å²) in [6.07, 6.45) is 3.76. The highest BCUT2D eigenvalue weighted by atomic mass is 32.1. The molecular formula is C20H28N2O3S. The lowest BCUT2D eigenvalue weighted by Crippen LogP contribution is -2.45. The zero-order valence-electron chi connectivity index (χ0n) is 16.2. The van der Waals surface area contributed by atoms with E-state index in [2.05, 4.69) is 24.2 Å². The minimum Gasteiger partial charge on any atom is -0.477 e. The Hall–Kier alpha value is -1.84. The number of hydrogen-bond donors (Lipinski definition) is 2. The van der Waals surface area contributed by atoms with Crippen molar-refractivity contribution >= 4 is 28.9 Å². The van der Waals surface area contributed by atoms with E-state index in [1.807, 2.05) is 20.8 Å². The molecule has 0 atom stereocenters. The number of anilines is 1. The van der Waals surface area contributed by atoms with Gasteiger partial charge in [0.1, 0.15) is 4.88 Å². The van der Waals surface area contributed by atoms with Crippen molar-refractivity contribution < 1.29 is 14.7 Å². The Kier molecular flexibility index (Phi) is 6.48. The number of carbonyl (C=O) groups excluding carboxylic acids is 1. The molecule has 0 unspecified atom stereocenters. The van der Waals surface area contributed by atoms with Crippen LogP contribution in [0.1, 0.15) is 67.9 Å². The monoisotopic (exact) mass is 376 g/mol. The minimum atomic E-state index is -1.04. The van der Waals surface area contributed by atoms with Crippen molar-refractivity contribution in [1.29, 1.82) is 0 Å². The maximum Gasteiger partial charge on any atom is 0.348 e. The fraction of sp³-hybridized carbons (Fsp3) is 0.600. The Labute approximate surface area is 159 Å². The standard InChI is InChI=1S/C20H28N2O3S/c1-13-6-8-14(9-7-13)18(23)22(21-5)16-12-15(10-11-20(2,3)4)26-17(16)19(24)25/h12-14,21H,6-9H2,1-5H3,(H,24,25). The first-order valence-electron chi connectivity index (χ1n) is 9.04. The average Bonchev–Trinajstić information content (AvgIpc) is 2.98. The largest absolute Gasteiger partial charge is 0.477 e. The van der Waals surface area contributed by atoms with E-state index >= 15 is 0 Å². The Morgan fingerprint density at radius 3 is 2.38 bits per heavy atom. The van der Waals surface area contributed by atoms with Gasteiger partial charge in [-0.05, 0) is 58.4 Å². The first-order valence-corrected chi connectivity index (χ1v) is 9.85. The van der Waals surface area contributed by atoms with Gasteiger partial charge in [0, 0.05) is 18.4 Å². The number of carboxylic acids is 1. The van der Waals surface area contributed by atoms with Crippen LogP contribution >= 0.6 is 11.3 Å². The summed E-state index contributed by atoms with van der Waals surface area (Å²) in [7, 11) is 1.65. The number of carbonyl (C=O) groups is 2. The highest BCUT2D eigenvalue weighted by Gasteiger charge is 2.31. The predicted molar refractivity (Wildman–Crippen MR) is 105 cm³/mol. The van der Waals surface area contributed by atoms with Crippen LogP contribution in [0.3, 0.4) is 0 Å². The van der Waals surface area contributed by atoms with Gasteiger partial charge in [-0.15, -0.1) is 11.3 Å². The molecule has 1 amide bonds. The molecule has 1 saturated carbocycles. The van der Waals surface area contributed by atoms with Crippen LogP contribution in [0, 0.1) is 29.1 Å². The van der Waals surface area contributed by atoms with E-state index < -0.39 is 5.97 Å². The highest BCUT2D eigenvalue weighted by molar-refractivity contribution is 7.15. The van der Waals surface area contributed by atoms with E-state index in [9.17, 15) is 14.7 Å². The fourth-order valence-corrected chi connectivity index (χ4v) is 3.89. The molecule has 1 aromatic rings. The molecule has 26 heavy (non-hydrogen) atoms. The number of rotatable bonds is 4. The summed E-state index contributed by atoms with van der Waals surface area (Å²) >= 11 is 1.11. The summed E-state index contributed by atoms with van der Waals surface area (Å²) in [5, 5.41) is 11.0. The normalized spacial score (nSPS) is 20.2. The summed E-state index contributed by atoms with van der Waals surface area (Å²) in [5.74, 6) is 5.64. The van der Waals surface area contributed by atoms with E-state index in [0.717, 1.165) is 37.0 Å². The number of amides is 1. The number of aromatic carboxylic acids is 1. The molecule has 2 N–H and O–H groups in total. The summed E-state index contributed by atoms with van der Waals surface area (Å²) in [6, 6.07) is 1.70. The molecule has 5 nitrogen and oxygen atoms in total. The topological polar surface area (TPSA) is 69.6 Å². The Balaban J connectivity index is 2.33. The number of carboxylic acid groups (broad SMARTS) is 1. The van der Waals surface area contributed by atoms with Gasteiger partial charge < -0.3 is 5.11 Å². The van der Waals surface area contributed by atoms with Gasteiger partial charge in [-0.2, -0.15) is 0 Å². The van der Waals surface area contributed by atoms with Crippen molar-refractivity contribution in [2.45, 2.75) is 53.4 Å². The Morgan fingerprint density at radius 1 is 1.27 bits per heavy atom. The van der Waals surface area contributed by atoms with Crippen molar-refractivity contribution in [2.75, 3.05) is 12.1 Å². The van der Waals surface area contributed by atoms with E-state index in [1.54, 1.807) is 13.1 Å². The molecule has 0 aliphatic heterocycles. The summed E-state index contributed by atoms with van der Waals surface area (Å²) in [5.41, 5.74) is 3.09. The van der Waals surface area contributed by atoms with Gasteiger partial charge in [0.15, 0.2) is 0 Å². The molecule has 1 heterocycles. The summed E-state index contributed by atoms with van der Waals surface area (Å²) in [4.78, 5) is 25.5. The molecule has 0 radical (unpaired) electrons. The van der Waals surface area contributed by atoms with Gasteiger partial charge in [0.25, 0.3) is 0 Å². The smallest absolute Gasteiger partial charge is 0.348 e. The van der Waals surface area contributed by atoms with Crippen LogP contribution in [0.2, 0.25) is 0 Å². The number of hydrogen-bond acceptors (Lipinski definition) is 4. The van der Waals surface area contributed by atoms with Crippen LogP contribution in [0.4, 0.5) is 5.69 Å². The number of thiophene rings is 1. The number of nitrogens with one attached hydrogen (secondary N) is 1. The zero-order valence-corrected chi connectivity index (χ0v) is 17.0. The lowest BCUT2D eigenvalue weighted by Gasteiger charge is -2.30. The fourth-order valence-electron chi connectivity index (χ4n) is 3.05. The summed E-state index contributed by atoms with van der Waals surface area (Å²) < 4.78 is 0. The van der Waals surface area contributed by atoms with Crippen LogP contribution in [0.5, 0.6) is 0 Å². The minimum absolute atomic E-state index is 0.0602. The lowest BCUT2D eigenvalue weighted by molar-refractivity contribution is -0.124. The third kappa shape index (κ3) is 5.09. The quantitative estimate of drug-likeness (QED) is 0.612. The van der Waals surface area contributed by atoms with Crippen LogP contribution in [-0.4, -0.2) is 24.0 Å². The zero-order chi connectivity index (χ0) is 19.5.